The van der Waals surface area contributed by atoms with Crippen molar-refractivity contribution in [1.82, 2.24) is 5.16 Å². The van der Waals surface area contributed by atoms with Crippen molar-refractivity contribution in [2.24, 2.45) is 0 Å². The molecular formula is C14H11Cl2NO3. The quantitative estimate of drug-likeness (QED) is 0.921. The predicted molar refractivity (Wildman–Crippen MR) is 75.3 cm³/mol. The fraction of sp³-hybridized carbons (Fsp3) is 0.286. The topological polar surface area (TPSA) is 63.3 Å². The van der Waals surface area contributed by atoms with Crippen LogP contribution >= 0.6 is 23.2 Å². The Morgan fingerprint density at radius 3 is 2.55 bits per heavy atom. The first kappa shape index (κ1) is 13.5. The van der Waals surface area contributed by atoms with E-state index in [2.05, 4.69) is 5.16 Å². The number of nitrogens with zero attached hydrogens (tertiary/aromatic N) is 1. The zero-order chi connectivity index (χ0) is 14.3. The van der Waals surface area contributed by atoms with Crippen molar-refractivity contribution in [3.63, 3.8) is 0 Å². The fourth-order valence-corrected chi connectivity index (χ4v) is 2.81. The number of carbonyl (C=O) groups is 1. The third kappa shape index (κ3) is 2.41. The van der Waals surface area contributed by atoms with Crippen LogP contribution in [0.5, 0.6) is 0 Å². The largest absolute Gasteiger partial charge is 0.481 e. The minimum Gasteiger partial charge on any atom is -0.481 e. The molecule has 104 valence electrons. The third-order valence-corrected chi connectivity index (χ3v) is 3.92. The van der Waals surface area contributed by atoms with Crippen molar-refractivity contribution in [3.8, 4) is 11.3 Å². The third-order valence-electron chi connectivity index (χ3n) is 3.29. The Kier molecular flexibility index (Phi) is 3.44. The molecule has 1 aromatic heterocycles. The van der Waals surface area contributed by atoms with Gasteiger partial charge in [0.15, 0.2) is 0 Å². The molecule has 4 nitrogen and oxygen atoms in total. The van der Waals surface area contributed by atoms with Gasteiger partial charge in [-0.15, -0.1) is 0 Å². The molecule has 2 aromatic rings. The lowest BCUT2D eigenvalue weighted by atomic mass is 10.0. The number of carboxylic acids is 1. The lowest BCUT2D eigenvalue weighted by Crippen LogP contribution is -2.03. The molecule has 1 aliphatic rings. The summed E-state index contributed by atoms with van der Waals surface area (Å²) in [5, 5.41) is 14.0. The maximum Gasteiger partial charge on any atom is 0.308 e. The van der Waals surface area contributed by atoms with E-state index in [1.54, 1.807) is 18.2 Å². The highest BCUT2D eigenvalue weighted by atomic mass is 35.5. The molecule has 0 radical (unpaired) electrons. The van der Waals surface area contributed by atoms with Gasteiger partial charge in [-0.1, -0.05) is 34.4 Å². The van der Waals surface area contributed by atoms with Crippen LogP contribution in [0.25, 0.3) is 11.3 Å². The van der Waals surface area contributed by atoms with Gasteiger partial charge in [-0.05, 0) is 25.0 Å². The van der Waals surface area contributed by atoms with Crippen LogP contribution in [0.4, 0.5) is 0 Å². The van der Waals surface area contributed by atoms with E-state index < -0.39 is 5.97 Å². The minimum atomic E-state index is -0.931. The first-order valence-corrected chi connectivity index (χ1v) is 6.98. The summed E-state index contributed by atoms with van der Waals surface area (Å²) >= 11 is 12.3. The standard InChI is InChI=1S/C14H11Cl2NO3/c15-9-2-1-3-10(16)12(9)13-8(6-11(18)19)14(20-17-13)7-4-5-7/h1-3,7H,4-6H2,(H,18,19). The van der Waals surface area contributed by atoms with E-state index in [4.69, 9.17) is 32.8 Å². The van der Waals surface area contributed by atoms with Gasteiger partial charge < -0.3 is 9.63 Å². The van der Waals surface area contributed by atoms with Crippen molar-refractivity contribution in [3.05, 3.63) is 39.6 Å². The summed E-state index contributed by atoms with van der Waals surface area (Å²) in [6.45, 7) is 0. The molecule has 0 atom stereocenters. The second kappa shape index (κ2) is 5.11. The molecule has 0 saturated heterocycles. The molecule has 3 rings (SSSR count). The van der Waals surface area contributed by atoms with Gasteiger partial charge in [-0.25, -0.2) is 0 Å². The van der Waals surface area contributed by atoms with Gasteiger partial charge in [-0.3, -0.25) is 4.79 Å². The molecular weight excluding hydrogens is 301 g/mol. The van der Waals surface area contributed by atoms with E-state index in [0.717, 1.165) is 12.8 Å². The van der Waals surface area contributed by atoms with Crippen molar-refractivity contribution < 1.29 is 14.4 Å². The monoisotopic (exact) mass is 311 g/mol. The van der Waals surface area contributed by atoms with E-state index >= 15 is 0 Å². The molecule has 6 heteroatoms. The Bertz CT molecular complexity index is 657. The van der Waals surface area contributed by atoms with E-state index in [0.29, 0.717) is 32.6 Å². The van der Waals surface area contributed by atoms with Crippen LogP contribution in [0.2, 0.25) is 10.0 Å². The summed E-state index contributed by atoms with van der Waals surface area (Å²) in [5.41, 5.74) is 1.54. The lowest BCUT2D eigenvalue weighted by molar-refractivity contribution is -0.136. The molecule has 1 fully saturated rings. The van der Waals surface area contributed by atoms with Gasteiger partial charge in [0.1, 0.15) is 11.5 Å². The Labute approximate surface area is 125 Å². The molecule has 0 amide bonds. The number of hydrogen-bond acceptors (Lipinski definition) is 3. The first-order valence-electron chi connectivity index (χ1n) is 6.22. The van der Waals surface area contributed by atoms with Crippen LogP contribution < -0.4 is 0 Å². The molecule has 1 saturated carbocycles. The second-order valence-corrected chi connectivity index (χ2v) is 5.63. The summed E-state index contributed by atoms with van der Waals surface area (Å²) < 4.78 is 5.35. The van der Waals surface area contributed by atoms with Crippen molar-refractivity contribution in [2.45, 2.75) is 25.2 Å². The van der Waals surface area contributed by atoms with Gasteiger partial charge in [0, 0.05) is 17.0 Å². The average molecular weight is 312 g/mol. The lowest BCUT2D eigenvalue weighted by Gasteiger charge is -2.05. The molecule has 0 aliphatic heterocycles. The summed E-state index contributed by atoms with van der Waals surface area (Å²) in [6, 6.07) is 5.12. The number of aliphatic carboxylic acids is 1. The summed E-state index contributed by atoms with van der Waals surface area (Å²) in [5.74, 6) is -0.00947. The molecule has 1 N–H and O–H groups in total. The highest BCUT2D eigenvalue weighted by Gasteiger charge is 2.34. The Morgan fingerprint density at radius 2 is 2.00 bits per heavy atom. The molecule has 0 unspecified atom stereocenters. The van der Waals surface area contributed by atoms with Gasteiger partial charge in [0.05, 0.1) is 16.5 Å². The predicted octanol–water partition coefficient (Wildman–Crippen LogP) is 4.15. The van der Waals surface area contributed by atoms with Crippen LogP contribution in [0.15, 0.2) is 22.7 Å². The normalized spacial score (nSPS) is 14.5. The summed E-state index contributed by atoms with van der Waals surface area (Å²) in [4.78, 5) is 11.1. The molecule has 1 aliphatic carbocycles. The second-order valence-electron chi connectivity index (χ2n) is 4.82. The molecule has 0 spiro atoms. The van der Waals surface area contributed by atoms with Crippen molar-refractivity contribution >= 4 is 29.2 Å². The van der Waals surface area contributed by atoms with Gasteiger partial charge in [0.2, 0.25) is 0 Å². The van der Waals surface area contributed by atoms with Gasteiger partial charge >= 0.3 is 5.97 Å². The molecule has 1 aromatic carbocycles. The first-order chi connectivity index (χ1) is 9.58. The number of benzene rings is 1. The fourth-order valence-electron chi connectivity index (χ4n) is 2.23. The Hall–Kier alpha value is -1.52. The zero-order valence-corrected chi connectivity index (χ0v) is 11.9. The van der Waals surface area contributed by atoms with Crippen LogP contribution in [0, 0.1) is 0 Å². The van der Waals surface area contributed by atoms with Crippen LogP contribution in [0.3, 0.4) is 0 Å². The Balaban J connectivity index is 2.15. The summed E-state index contributed by atoms with van der Waals surface area (Å²) in [6.07, 6.45) is 1.85. The number of carboxylic acid groups (broad SMARTS) is 1. The maximum atomic E-state index is 11.1. The van der Waals surface area contributed by atoms with E-state index in [9.17, 15) is 4.79 Å². The van der Waals surface area contributed by atoms with Crippen molar-refractivity contribution in [1.29, 1.82) is 0 Å². The highest BCUT2D eigenvalue weighted by molar-refractivity contribution is 6.39. The van der Waals surface area contributed by atoms with Crippen LogP contribution in [-0.4, -0.2) is 16.2 Å². The van der Waals surface area contributed by atoms with E-state index in [1.807, 2.05) is 0 Å². The number of aromatic nitrogens is 1. The Morgan fingerprint density at radius 1 is 1.35 bits per heavy atom. The van der Waals surface area contributed by atoms with E-state index in [-0.39, 0.29) is 12.3 Å². The molecule has 20 heavy (non-hydrogen) atoms. The van der Waals surface area contributed by atoms with Crippen LogP contribution in [-0.2, 0) is 11.2 Å². The number of halogens is 2. The maximum absolute atomic E-state index is 11.1. The van der Waals surface area contributed by atoms with Gasteiger partial charge in [-0.2, -0.15) is 0 Å². The smallest absolute Gasteiger partial charge is 0.308 e. The van der Waals surface area contributed by atoms with E-state index in [1.165, 1.54) is 0 Å². The minimum absolute atomic E-state index is 0.147. The van der Waals surface area contributed by atoms with Crippen molar-refractivity contribution in [2.75, 3.05) is 0 Å². The van der Waals surface area contributed by atoms with Crippen LogP contribution in [0.1, 0.15) is 30.1 Å². The zero-order valence-electron chi connectivity index (χ0n) is 10.4. The number of rotatable bonds is 4. The highest BCUT2D eigenvalue weighted by Crippen LogP contribution is 2.45. The average Bonchev–Trinajstić information content (AvgIpc) is 3.13. The number of hydrogen-bond donors (Lipinski definition) is 1. The summed E-state index contributed by atoms with van der Waals surface area (Å²) in [7, 11) is 0. The van der Waals surface area contributed by atoms with Gasteiger partial charge in [0.25, 0.3) is 0 Å². The molecule has 1 heterocycles. The molecule has 0 bridgehead atoms. The SMILES string of the molecule is O=C(O)Cc1c(-c2c(Cl)cccc2Cl)noc1C1CC1.